The highest BCUT2D eigenvalue weighted by molar-refractivity contribution is 6.15. The van der Waals surface area contributed by atoms with Gasteiger partial charge >= 0.3 is 6.18 Å². The van der Waals surface area contributed by atoms with E-state index in [0.29, 0.717) is 0 Å². The number of benzene rings is 1. The molecule has 0 spiro atoms. The first-order valence-corrected chi connectivity index (χ1v) is 4.98. The Morgan fingerprint density at radius 2 is 1.75 bits per heavy atom. The maximum absolute atomic E-state index is 12.3. The van der Waals surface area contributed by atoms with E-state index in [1.165, 1.54) is 24.6 Å². The molecule has 1 aromatic carbocycles. The van der Waals surface area contributed by atoms with Crippen LogP contribution in [0.15, 0.2) is 24.3 Å². The first kappa shape index (κ1) is 14.8. The SMILES string of the molecule is CC(=O)Nc1ccccc1C(F)(F)F.CCl. The molecule has 90 valence electrons. The summed E-state index contributed by atoms with van der Waals surface area (Å²) >= 11 is 4.64. The number of anilines is 1. The molecule has 0 fully saturated rings. The van der Waals surface area contributed by atoms with Crippen molar-refractivity contribution in [3.63, 3.8) is 0 Å². The third kappa shape index (κ3) is 4.53. The molecule has 0 unspecified atom stereocenters. The van der Waals surface area contributed by atoms with Crippen LogP contribution in [0.2, 0.25) is 0 Å². The number of alkyl halides is 4. The molecule has 0 saturated carbocycles. The van der Waals surface area contributed by atoms with E-state index in [1.54, 1.807) is 0 Å². The lowest BCUT2D eigenvalue weighted by Crippen LogP contribution is -2.13. The second-order valence-electron chi connectivity index (χ2n) is 2.72. The molecule has 0 aliphatic rings. The third-order valence-corrected chi connectivity index (χ3v) is 1.54. The largest absolute Gasteiger partial charge is 0.418 e. The third-order valence-electron chi connectivity index (χ3n) is 1.54. The molecule has 0 aromatic heterocycles. The molecule has 16 heavy (non-hydrogen) atoms. The molecule has 1 amide bonds. The van der Waals surface area contributed by atoms with Crippen LogP contribution in [0.5, 0.6) is 0 Å². The van der Waals surface area contributed by atoms with E-state index in [4.69, 9.17) is 0 Å². The summed E-state index contributed by atoms with van der Waals surface area (Å²) in [6, 6.07) is 4.84. The summed E-state index contributed by atoms with van der Waals surface area (Å²) in [6.07, 6.45) is -2.97. The summed E-state index contributed by atoms with van der Waals surface area (Å²) in [5, 5.41) is 2.12. The molecule has 1 N–H and O–H groups in total. The normalized spacial score (nSPS) is 10.1. The van der Waals surface area contributed by atoms with Gasteiger partial charge in [-0.15, -0.1) is 11.6 Å². The van der Waals surface area contributed by atoms with Gasteiger partial charge in [-0.2, -0.15) is 13.2 Å². The van der Waals surface area contributed by atoms with Crippen LogP contribution >= 0.6 is 11.6 Å². The summed E-state index contributed by atoms with van der Waals surface area (Å²) in [4.78, 5) is 10.6. The Balaban J connectivity index is 0.00000106. The van der Waals surface area contributed by atoms with Crippen LogP contribution in [0.3, 0.4) is 0 Å². The van der Waals surface area contributed by atoms with Gasteiger partial charge in [0.15, 0.2) is 0 Å². The van der Waals surface area contributed by atoms with Crippen LogP contribution in [0.4, 0.5) is 18.9 Å². The summed E-state index contributed by atoms with van der Waals surface area (Å²) in [5.41, 5.74) is -1.05. The van der Waals surface area contributed by atoms with Gasteiger partial charge in [-0.1, -0.05) is 12.1 Å². The van der Waals surface area contributed by atoms with Gasteiger partial charge in [-0.3, -0.25) is 4.79 Å². The summed E-state index contributed by atoms with van der Waals surface area (Å²) in [6.45, 7) is 1.16. The van der Waals surface area contributed by atoms with Gasteiger partial charge in [0, 0.05) is 13.3 Å². The standard InChI is InChI=1S/C9H8F3NO.CH3Cl/c1-6(14)13-8-5-3-2-4-7(8)9(10,11)12;1-2/h2-5H,1H3,(H,13,14);1H3. The number of hydrogen-bond donors (Lipinski definition) is 1. The van der Waals surface area contributed by atoms with Crippen molar-refractivity contribution >= 4 is 23.2 Å². The van der Waals surface area contributed by atoms with Crippen LogP contribution in [0.25, 0.3) is 0 Å². The Bertz CT molecular complexity index is 352. The Kier molecular flexibility index (Phi) is 5.88. The number of carbonyl (C=O) groups is 1. The highest BCUT2D eigenvalue weighted by atomic mass is 35.5. The molecular formula is C10H11ClF3NO. The van der Waals surface area contributed by atoms with Crippen LogP contribution < -0.4 is 5.32 Å². The molecule has 0 radical (unpaired) electrons. The molecule has 6 heteroatoms. The monoisotopic (exact) mass is 253 g/mol. The van der Waals surface area contributed by atoms with Crippen molar-refractivity contribution in [3.05, 3.63) is 29.8 Å². The molecule has 0 atom stereocenters. The molecule has 0 aliphatic carbocycles. The van der Waals surface area contributed by atoms with E-state index in [-0.39, 0.29) is 5.69 Å². The lowest BCUT2D eigenvalue weighted by Gasteiger charge is -2.12. The van der Waals surface area contributed by atoms with Crippen molar-refractivity contribution in [1.82, 2.24) is 0 Å². The topological polar surface area (TPSA) is 29.1 Å². The number of para-hydroxylation sites is 1. The molecule has 0 bridgehead atoms. The highest BCUT2D eigenvalue weighted by Gasteiger charge is 2.33. The van der Waals surface area contributed by atoms with Crippen molar-refractivity contribution in [3.8, 4) is 0 Å². The maximum atomic E-state index is 12.3. The zero-order valence-electron chi connectivity index (χ0n) is 8.73. The summed E-state index contributed by atoms with van der Waals surface area (Å²) in [7, 11) is 0. The highest BCUT2D eigenvalue weighted by Crippen LogP contribution is 2.34. The van der Waals surface area contributed by atoms with Crippen molar-refractivity contribution in [2.24, 2.45) is 0 Å². The predicted octanol–water partition coefficient (Wildman–Crippen LogP) is 3.52. The number of nitrogens with one attached hydrogen (secondary N) is 1. The van der Waals surface area contributed by atoms with Crippen LogP contribution in [0.1, 0.15) is 12.5 Å². The zero-order valence-corrected chi connectivity index (χ0v) is 9.49. The van der Waals surface area contributed by atoms with Gasteiger partial charge in [0.05, 0.1) is 11.3 Å². The average molecular weight is 254 g/mol. The fourth-order valence-corrected chi connectivity index (χ4v) is 1.03. The van der Waals surface area contributed by atoms with E-state index in [9.17, 15) is 18.0 Å². The Morgan fingerprint density at radius 3 is 2.19 bits per heavy atom. The zero-order chi connectivity index (χ0) is 12.8. The lowest BCUT2D eigenvalue weighted by atomic mass is 10.1. The van der Waals surface area contributed by atoms with Gasteiger partial charge < -0.3 is 5.32 Å². The van der Waals surface area contributed by atoms with E-state index < -0.39 is 17.6 Å². The van der Waals surface area contributed by atoms with Gasteiger partial charge in [0.25, 0.3) is 0 Å². The minimum absolute atomic E-state index is 0.215. The van der Waals surface area contributed by atoms with Gasteiger partial charge in [-0.25, -0.2) is 0 Å². The number of halogens is 4. The number of amides is 1. The van der Waals surface area contributed by atoms with Crippen LogP contribution in [-0.4, -0.2) is 12.3 Å². The van der Waals surface area contributed by atoms with Gasteiger partial charge in [-0.05, 0) is 12.1 Å². The minimum atomic E-state index is -4.45. The molecule has 0 aliphatic heterocycles. The molecule has 0 heterocycles. The lowest BCUT2D eigenvalue weighted by molar-refractivity contribution is -0.137. The number of rotatable bonds is 1. The number of carbonyl (C=O) groups excluding carboxylic acids is 1. The van der Waals surface area contributed by atoms with Gasteiger partial charge in [0.2, 0.25) is 5.91 Å². The minimum Gasteiger partial charge on any atom is -0.326 e. The quantitative estimate of drug-likeness (QED) is 0.763. The molecule has 1 aromatic rings. The number of hydrogen-bond acceptors (Lipinski definition) is 1. The van der Waals surface area contributed by atoms with E-state index in [1.807, 2.05) is 0 Å². The molecule has 1 rings (SSSR count). The van der Waals surface area contributed by atoms with Crippen LogP contribution in [0, 0.1) is 0 Å². The second kappa shape index (κ2) is 6.37. The van der Waals surface area contributed by atoms with E-state index in [0.717, 1.165) is 13.0 Å². The van der Waals surface area contributed by atoms with E-state index in [2.05, 4.69) is 16.9 Å². The van der Waals surface area contributed by atoms with Gasteiger partial charge in [0.1, 0.15) is 0 Å². The van der Waals surface area contributed by atoms with Crippen molar-refractivity contribution in [1.29, 1.82) is 0 Å². The Labute approximate surface area is 96.4 Å². The predicted molar refractivity (Wildman–Crippen MR) is 57.5 cm³/mol. The molecule has 0 saturated heterocycles. The smallest absolute Gasteiger partial charge is 0.326 e. The second-order valence-corrected chi connectivity index (χ2v) is 2.72. The summed E-state index contributed by atoms with van der Waals surface area (Å²) in [5.74, 6) is -0.526. The Hall–Kier alpha value is -1.23. The van der Waals surface area contributed by atoms with Crippen molar-refractivity contribution in [2.45, 2.75) is 13.1 Å². The first-order chi connectivity index (χ1) is 7.41. The van der Waals surface area contributed by atoms with Crippen molar-refractivity contribution < 1.29 is 18.0 Å². The summed E-state index contributed by atoms with van der Waals surface area (Å²) < 4.78 is 37.0. The molecule has 2 nitrogen and oxygen atoms in total. The average Bonchev–Trinajstić information content (AvgIpc) is 2.19. The maximum Gasteiger partial charge on any atom is 0.418 e. The fourth-order valence-electron chi connectivity index (χ4n) is 1.03. The first-order valence-electron chi connectivity index (χ1n) is 4.23. The van der Waals surface area contributed by atoms with E-state index >= 15 is 0 Å². The van der Waals surface area contributed by atoms with Crippen molar-refractivity contribution in [2.75, 3.05) is 11.7 Å². The Morgan fingerprint density at radius 1 is 1.25 bits per heavy atom. The molecular weight excluding hydrogens is 243 g/mol. The van der Waals surface area contributed by atoms with Crippen LogP contribution in [-0.2, 0) is 11.0 Å². The fraction of sp³-hybridized carbons (Fsp3) is 0.300.